The van der Waals surface area contributed by atoms with Gasteiger partial charge in [-0.05, 0) is 18.6 Å². The van der Waals surface area contributed by atoms with Crippen LogP contribution >= 0.6 is 0 Å². The molecule has 0 saturated carbocycles. The van der Waals surface area contributed by atoms with Crippen molar-refractivity contribution < 1.29 is 9.90 Å². The summed E-state index contributed by atoms with van der Waals surface area (Å²) >= 11 is 0. The van der Waals surface area contributed by atoms with Crippen molar-refractivity contribution in [3.63, 3.8) is 0 Å². The third-order valence-electron chi connectivity index (χ3n) is 3.11. The molecule has 4 nitrogen and oxygen atoms in total. The van der Waals surface area contributed by atoms with Crippen molar-refractivity contribution >= 4 is 11.6 Å². The molecule has 92 valence electrons. The van der Waals surface area contributed by atoms with E-state index in [1.165, 1.54) is 0 Å². The minimum absolute atomic E-state index is 0.0510. The number of fused-ring (bicyclic) bond motifs is 1. The van der Waals surface area contributed by atoms with Crippen molar-refractivity contribution in [2.24, 2.45) is 0 Å². The Kier molecular flexibility index (Phi) is 3.33. The Hall–Kier alpha value is -1.55. The maximum atomic E-state index is 12.0. The molecule has 1 aromatic rings. The van der Waals surface area contributed by atoms with Gasteiger partial charge in [0.2, 0.25) is 0 Å². The van der Waals surface area contributed by atoms with E-state index < -0.39 is 5.66 Å². The van der Waals surface area contributed by atoms with E-state index in [1.54, 1.807) is 6.07 Å². The van der Waals surface area contributed by atoms with E-state index in [1.807, 2.05) is 18.2 Å². The van der Waals surface area contributed by atoms with Crippen LogP contribution in [0.5, 0.6) is 0 Å². The largest absolute Gasteiger partial charge is 0.396 e. The van der Waals surface area contributed by atoms with E-state index in [9.17, 15) is 4.79 Å². The second-order valence-corrected chi connectivity index (χ2v) is 4.43. The van der Waals surface area contributed by atoms with E-state index in [-0.39, 0.29) is 12.5 Å². The predicted molar refractivity (Wildman–Crippen MR) is 66.9 cm³/mol. The number of para-hydroxylation sites is 1. The Labute approximate surface area is 101 Å². The Morgan fingerprint density at radius 3 is 2.71 bits per heavy atom. The van der Waals surface area contributed by atoms with Crippen LogP contribution in [0.1, 0.15) is 36.5 Å². The lowest BCUT2D eigenvalue weighted by Gasteiger charge is -2.40. The molecule has 2 rings (SSSR count). The van der Waals surface area contributed by atoms with E-state index in [2.05, 4.69) is 17.6 Å². The zero-order valence-corrected chi connectivity index (χ0v) is 9.99. The molecule has 0 fully saturated rings. The van der Waals surface area contributed by atoms with Crippen LogP contribution in [0.15, 0.2) is 24.3 Å². The number of nitrogens with one attached hydrogen (secondary N) is 2. The molecule has 1 aromatic carbocycles. The number of carbonyl (C=O) groups excluding carboxylic acids is 1. The fraction of sp³-hybridized carbons (Fsp3) is 0.462. The van der Waals surface area contributed by atoms with Gasteiger partial charge in [-0.3, -0.25) is 4.79 Å². The van der Waals surface area contributed by atoms with E-state index in [0.717, 1.165) is 18.5 Å². The van der Waals surface area contributed by atoms with Gasteiger partial charge in [0.25, 0.3) is 5.91 Å². The minimum atomic E-state index is -0.505. The molecule has 1 amide bonds. The molecular weight excluding hydrogens is 216 g/mol. The first-order valence-corrected chi connectivity index (χ1v) is 6.01. The van der Waals surface area contributed by atoms with Crippen molar-refractivity contribution in [1.29, 1.82) is 0 Å². The van der Waals surface area contributed by atoms with Crippen LogP contribution in [0.3, 0.4) is 0 Å². The van der Waals surface area contributed by atoms with Gasteiger partial charge in [-0.25, -0.2) is 0 Å². The molecule has 0 aromatic heterocycles. The van der Waals surface area contributed by atoms with Crippen molar-refractivity contribution in [3.05, 3.63) is 29.8 Å². The monoisotopic (exact) mass is 234 g/mol. The van der Waals surface area contributed by atoms with Gasteiger partial charge in [0.1, 0.15) is 5.66 Å². The summed E-state index contributed by atoms with van der Waals surface area (Å²) in [7, 11) is 0. The highest BCUT2D eigenvalue weighted by Crippen LogP contribution is 2.29. The normalized spacial score (nSPS) is 22.6. The third kappa shape index (κ3) is 2.26. The zero-order valence-electron chi connectivity index (χ0n) is 9.99. The van der Waals surface area contributed by atoms with Gasteiger partial charge in [0.05, 0.1) is 5.56 Å². The van der Waals surface area contributed by atoms with Gasteiger partial charge < -0.3 is 15.7 Å². The SMILES string of the molecule is CCCC1(CCO)NC(=O)c2ccccc2N1. The number of aliphatic hydroxyl groups is 1. The standard InChI is InChI=1S/C13H18N2O2/c1-2-7-13(8-9-16)14-11-6-4-3-5-10(11)12(17)15-13/h3-6,14,16H,2,7-9H2,1H3,(H,15,17). The number of benzene rings is 1. The molecule has 0 saturated heterocycles. The second kappa shape index (κ2) is 4.75. The predicted octanol–water partition coefficient (Wildman–Crippen LogP) is 1.72. The van der Waals surface area contributed by atoms with E-state index in [4.69, 9.17) is 5.11 Å². The maximum absolute atomic E-state index is 12.0. The van der Waals surface area contributed by atoms with Crippen molar-refractivity contribution in [3.8, 4) is 0 Å². The summed E-state index contributed by atoms with van der Waals surface area (Å²) in [5, 5.41) is 15.5. The van der Waals surface area contributed by atoms with Gasteiger partial charge in [-0.15, -0.1) is 0 Å². The number of hydrogen-bond acceptors (Lipinski definition) is 3. The summed E-state index contributed by atoms with van der Waals surface area (Å²) in [4.78, 5) is 12.0. The molecule has 0 spiro atoms. The third-order valence-corrected chi connectivity index (χ3v) is 3.11. The summed E-state index contributed by atoms with van der Waals surface area (Å²) in [6.07, 6.45) is 2.25. The highest BCUT2D eigenvalue weighted by molar-refractivity contribution is 6.02. The summed E-state index contributed by atoms with van der Waals surface area (Å²) in [6.45, 7) is 2.11. The zero-order chi connectivity index (χ0) is 12.3. The summed E-state index contributed by atoms with van der Waals surface area (Å²) in [6, 6.07) is 7.45. The summed E-state index contributed by atoms with van der Waals surface area (Å²) < 4.78 is 0. The van der Waals surface area contributed by atoms with Gasteiger partial charge >= 0.3 is 0 Å². The first-order chi connectivity index (χ1) is 8.21. The van der Waals surface area contributed by atoms with Crippen molar-refractivity contribution in [1.82, 2.24) is 5.32 Å². The van der Waals surface area contributed by atoms with Gasteiger partial charge in [0, 0.05) is 18.7 Å². The van der Waals surface area contributed by atoms with Crippen LogP contribution in [0.25, 0.3) is 0 Å². The Morgan fingerprint density at radius 1 is 1.24 bits per heavy atom. The first kappa shape index (κ1) is 11.9. The van der Waals surface area contributed by atoms with Crippen molar-refractivity contribution in [2.45, 2.75) is 31.8 Å². The molecule has 1 atom stereocenters. The lowest BCUT2D eigenvalue weighted by atomic mass is 9.95. The Morgan fingerprint density at radius 2 is 2.00 bits per heavy atom. The molecule has 0 radical (unpaired) electrons. The quantitative estimate of drug-likeness (QED) is 0.743. The first-order valence-electron chi connectivity index (χ1n) is 6.01. The molecule has 1 aliphatic heterocycles. The highest BCUT2D eigenvalue weighted by Gasteiger charge is 2.35. The molecule has 4 heteroatoms. The number of amides is 1. The number of aliphatic hydroxyl groups excluding tert-OH is 1. The second-order valence-electron chi connectivity index (χ2n) is 4.43. The Bertz CT molecular complexity index is 412. The highest BCUT2D eigenvalue weighted by atomic mass is 16.3. The van der Waals surface area contributed by atoms with Gasteiger partial charge in [-0.1, -0.05) is 25.5 Å². The molecule has 1 aliphatic rings. The molecule has 1 unspecified atom stereocenters. The Balaban J connectivity index is 2.33. The van der Waals surface area contributed by atoms with Gasteiger partial charge in [0.15, 0.2) is 0 Å². The molecule has 3 N–H and O–H groups in total. The lowest BCUT2D eigenvalue weighted by Crippen LogP contribution is -2.58. The van der Waals surface area contributed by atoms with Crippen LogP contribution in [0.4, 0.5) is 5.69 Å². The number of carbonyl (C=O) groups is 1. The molecule has 0 bridgehead atoms. The topological polar surface area (TPSA) is 61.4 Å². The molecule has 0 aliphatic carbocycles. The summed E-state index contributed by atoms with van der Waals surface area (Å²) in [5.41, 5.74) is 1.00. The van der Waals surface area contributed by atoms with Crippen LogP contribution < -0.4 is 10.6 Å². The maximum Gasteiger partial charge on any atom is 0.255 e. The average molecular weight is 234 g/mol. The summed E-state index contributed by atoms with van der Waals surface area (Å²) in [5.74, 6) is -0.0683. The molecular formula is C13H18N2O2. The fourth-order valence-corrected chi connectivity index (χ4v) is 2.36. The number of rotatable bonds is 4. The van der Waals surface area contributed by atoms with E-state index in [0.29, 0.717) is 12.0 Å². The minimum Gasteiger partial charge on any atom is -0.396 e. The van der Waals surface area contributed by atoms with E-state index >= 15 is 0 Å². The smallest absolute Gasteiger partial charge is 0.255 e. The average Bonchev–Trinajstić information content (AvgIpc) is 2.29. The number of anilines is 1. The van der Waals surface area contributed by atoms with Crippen LogP contribution in [-0.2, 0) is 0 Å². The lowest BCUT2D eigenvalue weighted by molar-refractivity contribution is 0.0876. The fourth-order valence-electron chi connectivity index (χ4n) is 2.36. The van der Waals surface area contributed by atoms with Crippen molar-refractivity contribution in [2.75, 3.05) is 11.9 Å². The van der Waals surface area contributed by atoms with Gasteiger partial charge in [-0.2, -0.15) is 0 Å². The molecule has 1 heterocycles. The number of hydrogen-bond donors (Lipinski definition) is 3. The van der Waals surface area contributed by atoms with Crippen LogP contribution in [0, 0.1) is 0 Å². The van der Waals surface area contributed by atoms with Crippen LogP contribution in [0.2, 0.25) is 0 Å². The molecule has 17 heavy (non-hydrogen) atoms. The van der Waals surface area contributed by atoms with Crippen LogP contribution in [-0.4, -0.2) is 23.3 Å².